The average Bonchev–Trinajstić information content (AvgIpc) is 3.42. The van der Waals surface area contributed by atoms with Crippen LogP contribution in [-0.4, -0.2) is 41.6 Å². The van der Waals surface area contributed by atoms with Gasteiger partial charge in [0.05, 0.1) is 15.6 Å². The van der Waals surface area contributed by atoms with Gasteiger partial charge in [-0.05, 0) is 66.8 Å². The summed E-state index contributed by atoms with van der Waals surface area (Å²) in [4.78, 5) is 42.3. The Labute approximate surface area is 254 Å². The van der Waals surface area contributed by atoms with Gasteiger partial charge in [-0.15, -0.1) is 11.3 Å². The second-order valence-corrected chi connectivity index (χ2v) is 12.3. The summed E-state index contributed by atoms with van der Waals surface area (Å²) in [6, 6.07) is 17.0. The number of nitrogens with one attached hydrogen (secondary N) is 1. The van der Waals surface area contributed by atoms with E-state index in [0.717, 1.165) is 18.4 Å². The Morgan fingerprint density at radius 2 is 1.84 bits per heavy atom. The fourth-order valence-corrected chi connectivity index (χ4v) is 7.59. The summed E-state index contributed by atoms with van der Waals surface area (Å²) in [5.41, 5.74) is 21.5. The molecule has 3 atom stereocenters. The molecule has 0 spiro atoms. The van der Waals surface area contributed by atoms with E-state index in [9.17, 15) is 14.4 Å². The first-order valence-electron chi connectivity index (χ1n) is 14.5. The Kier molecular flexibility index (Phi) is 7.45. The molecule has 4 aromatic rings. The third kappa shape index (κ3) is 4.85. The number of Topliss-reactive ketones (excluding diaryl/α,β-unsaturated/α-hetero) is 1. The number of hydrogen-bond acceptors (Lipinski definition) is 8. The topological polar surface area (TPSA) is 154 Å². The lowest BCUT2D eigenvalue weighted by Crippen LogP contribution is -2.53. The molecule has 2 amide bonds. The van der Waals surface area contributed by atoms with Gasteiger partial charge in [-0.3, -0.25) is 14.4 Å². The standard InChI is InChI=1S/C33H35N5O4S/c1-3-25(39)38-15-7-8-19(17-38)37-32(41)30-27-26-23(13-14-24(34)29(26)43-30)33(36,31(40)28(27)35)22-12-11-21(16-18(22)2)42-20-9-5-4-6-10-20/h4-6,9-14,16,19,28H,3,7-8,15,17,34-36H2,1-2H3,(H,37,41). The maximum absolute atomic E-state index is 14.2. The van der Waals surface area contributed by atoms with E-state index in [1.807, 2.05) is 50.2 Å². The Balaban J connectivity index is 1.39. The van der Waals surface area contributed by atoms with Crippen molar-refractivity contribution in [3.8, 4) is 11.5 Å². The van der Waals surface area contributed by atoms with Crippen LogP contribution in [0.15, 0.2) is 60.7 Å². The zero-order valence-corrected chi connectivity index (χ0v) is 25.0. The minimum Gasteiger partial charge on any atom is -0.457 e. The molecule has 6 rings (SSSR count). The van der Waals surface area contributed by atoms with Crippen LogP contribution in [-0.2, 0) is 15.1 Å². The van der Waals surface area contributed by atoms with E-state index in [2.05, 4.69) is 5.32 Å². The number of anilines is 1. The molecule has 3 unspecified atom stereocenters. The number of nitrogens with two attached hydrogens (primary N) is 3. The van der Waals surface area contributed by atoms with E-state index in [1.54, 1.807) is 29.2 Å². The van der Waals surface area contributed by atoms with Crippen molar-refractivity contribution in [3.05, 3.63) is 87.8 Å². The summed E-state index contributed by atoms with van der Waals surface area (Å²) in [7, 11) is 0. The van der Waals surface area contributed by atoms with E-state index in [1.165, 1.54) is 11.3 Å². The highest BCUT2D eigenvalue weighted by atomic mass is 32.1. The SMILES string of the molecule is CCC(=O)N1CCCC(NC(=O)c2sc3c(N)ccc4c3c2C(N)C(=O)C4(N)c2ccc(Oc3ccccc3)cc2C)C1. The molecule has 1 aliphatic carbocycles. The maximum Gasteiger partial charge on any atom is 0.262 e. The predicted molar refractivity (Wildman–Crippen MR) is 168 cm³/mol. The molecule has 2 aliphatic rings. The Morgan fingerprint density at radius 3 is 2.56 bits per heavy atom. The molecule has 0 radical (unpaired) electrons. The number of benzene rings is 3. The number of nitrogen functional groups attached to an aromatic ring is 1. The lowest BCUT2D eigenvalue weighted by molar-refractivity contribution is -0.132. The number of ketones is 1. The molecule has 1 aliphatic heterocycles. The van der Waals surface area contributed by atoms with E-state index < -0.39 is 17.4 Å². The molecule has 43 heavy (non-hydrogen) atoms. The summed E-state index contributed by atoms with van der Waals surface area (Å²) in [6.45, 7) is 4.85. The summed E-state index contributed by atoms with van der Waals surface area (Å²) in [5.74, 6) is 0.637. The second-order valence-electron chi connectivity index (χ2n) is 11.3. The van der Waals surface area contributed by atoms with Crippen molar-refractivity contribution in [3.63, 3.8) is 0 Å². The van der Waals surface area contributed by atoms with Crippen LogP contribution < -0.4 is 27.3 Å². The number of thiophene rings is 1. The zero-order chi connectivity index (χ0) is 30.5. The van der Waals surface area contributed by atoms with Crippen LogP contribution in [0.2, 0.25) is 0 Å². The minimum atomic E-state index is -1.56. The van der Waals surface area contributed by atoms with Crippen molar-refractivity contribution in [2.45, 2.75) is 50.7 Å². The van der Waals surface area contributed by atoms with Crippen molar-refractivity contribution in [2.75, 3.05) is 18.8 Å². The lowest BCUT2D eigenvalue weighted by Gasteiger charge is -2.37. The Hall–Kier alpha value is -4.25. The highest BCUT2D eigenvalue weighted by Crippen LogP contribution is 2.50. The molecule has 10 heteroatoms. The van der Waals surface area contributed by atoms with E-state index in [-0.39, 0.29) is 17.9 Å². The Morgan fingerprint density at radius 1 is 1.09 bits per heavy atom. The molecule has 1 fully saturated rings. The molecular formula is C33H35N5O4S. The van der Waals surface area contributed by atoms with Crippen LogP contribution >= 0.6 is 11.3 Å². The number of carbonyl (C=O) groups excluding carboxylic acids is 3. The van der Waals surface area contributed by atoms with Crippen LogP contribution in [0.1, 0.15) is 64.2 Å². The third-order valence-corrected chi connectivity index (χ3v) is 9.79. The number of carbonyl (C=O) groups is 3. The van der Waals surface area contributed by atoms with Gasteiger partial charge >= 0.3 is 0 Å². The van der Waals surface area contributed by atoms with Crippen molar-refractivity contribution in [2.24, 2.45) is 11.5 Å². The molecule has 0 saturated carbocycles. The number of ether oxygens (including phenoxy) is 1. The molecular weight excluding hydrogens is 562 g/mol. The molecule has 3 aromatic carbocycles. The molecule has 222 valence electrons. The predicted octanol–water partition coefficient (Wildman–Crippen LogP) is 4.50. The van der Waals surface area contributed by atoms with Gasteiger partial charge in [-0.25, -0.2) is 0 Å². The number of para-hydroxylation sites is 1. The zero-order valence-electron chi connectivity index (χ0n) is 24.2. The number of aryl methyl sites for hydroxylation is 1. The third-order valence-electron chi connectivity index (χ3n) is 8.53. The largest absolute Gasteiger partial charge is 0.457 e. The van der Waals surface area contributed by atoms with Crippen LogP contribution in [0, 0.1) is 6.92 Å². The Bertz CT molecular complexity index is 1750. The van der Waals surface area contributed by atoms with Crippen LogP contribution in [0.3, 0.4) is 0 Å². The molecule has 1 saturated heterocycles. The van der Waals surface area contributed by atoms with Gasteiger partial charge in [0.1, 0.15) is 17.0 Å². The first-order valence-corrected chi connectivity index (χ1v) is 15.3. The summed E-state index contributed by atoms with van der Waals surface area (Å²) >= 11 is 1.22. The smallest absolute Gasteiger partial charge is 0.262 e. The van der Waals surface area contributed by atoms with E-state index in [4.69, 9.17) is 21.9 Å². The van der Waals surface area contributed by atoms with E-state index >= 15 is 0 Å². The molecule has 2 heterocycles. The first kappa shape index (κ1) is 28.9. The maximum atomic E-state index is 14.2. The van der Waals surface area contributed by atoms with Gasteiger partial charge in [-0.1, -0.05) is 37.3 Å². The number of nitrogens with zero attached hydrogens (tertiary/aromatic N) is 1. The van der Waals surface area contributed by atoms with Crippen molar-refractivity contribution < 1.29 is 19.1 Å². The highest BCUT2D eigenvalue weighted by Gasteiger charge is 2.49. The summed E-state index contributed by atoms with van der Waals surface area (Å²) in [6.07, 6.45) is 1.98. The quantitative estimate of drug-likeness (QED) is 0.239. The highest BCUT2D eigenvalue weighted by molar-refractivity contribution is 7.21. The summed E-state index contributed by atoms with van der Waals surface area (Å²) in [5, 5.41) is 3.74. The van der Waals surface area contributed by atoms with Gasteiger partial charge < -0.3 is 32.2 Å². The van der Waals surface area contributed by atoms with Crippen molar-refractivity contribution in [1.82, 2.24) is 10.2 Å². The van der Waals surface area contributed by atoms with Gasteiger partial charge in [0.2, 0.25) is 5.91 Å². The first-order chi connectivity index (χ1) is 20.6. The number of piperidine rings is 1. The van der Waals surface area contributed by atoms with Crippen LogP contribution in [0.5, 0.6) is 11.5 Å². The second kappa shape index (κ2) is 11.1. The van der Waals surface area contributed by atoms with Gasteiger partial charge in [-0.2, -0.15) is 0 Å². The normalized spacial score (nSPS) is 21.6. The molecule has 1 aromatic heterocycles. The molecule has 9 nitrogen and oxygen atoms in total. The number of likely N-dealkylation sites (tertiary alicyclic amines) is 1. The van der Waals surface area contributed by atoms with Gasteiger partial charge in [0, 0.05) is 42.2 Å². The number of hydrogen-bond donors (Lipinski definition) is 4. The van der Waals surface area contributed by atoms with Crippen LogP contribution in [0.25, 0.3) is 10.1 Å². The number of rotatable bonds is 6. The molecule has 7 N–H and O–H groups in total. The summed E-state index contributed by atoms with van der Waals surface area (Å²) < 4.78 is 6.67. The van der Waals surface area contributed by atoms with Gasteiger partial charge in [0.15, 0.2) is 5.78 Å². The monoisotopic (exact) mass is 597 g/mol. The van der Waals surface area contributed by atoms with E-state index in [0.29, 0.717) is 68.4 Å². The fourth-order valence-electron chi connectivity index (χ4n) is 6.39. The van der Waals surface area contributed by atoms with Crippen molar-refractivity contribution >= 4 is 44.7 Å². The van der Waals surface area contributed by atoms with Gasteiger partial charge in [0.25, 0.3) is 5.91 Å². The fraction of sp³-hybridized carbons (Fsp3) is 0.303. The average molecular weight is 598 g/mol. The van der Waals surface area contributed by atoms with Crippen molar-refractivity contribution in [1.29, 1.82) is 0 Å². The number of amides is 2. The minimum absolute atomic E-state index is 0.0650. The lowest BCUT2D eigenvalue weighted by atomic mass is 9.69. The van der Waals surface area contributed by atoms with Crippen LogP contribution in [0.4, 0.5) is 5.69 Å². The molecule has 0 bridgehead atoms.